The number of ether oxygens (including phenoxy) is 1. The standard InChI is InChI=1S/C10H14IN2O8P/c1-4-12-9(16)5(11)2-13(4)10-8(15)7(14)6(21-10)3-20-22(17,18)19/h2,6-8,10,14-15H,1,3H2,(H,12,16)(H2,17,18,19)/t6-,7-,8-,10-/m1/s1. The number of rotatable bonds is 4. The Labute approximate surface area is 138 Å². The fourth-order valence-corrected chi connectivity index (χ4v) is 2.78. The summed E-state index contributed by atoms with van der Waals surface area (Å²) >= 11 is 1.78. The van der Waals surface area contributed by atoms with E-state index in [1.807, 2.05) is 0 Å². The molecule has 5 N–H and O–H groups in total. The summed E-state index contributed by atoms with van der Waals surface area (Å²) in [4.78, 5) is 30.1. The van der Waals surface area contributed by atoms with Gasteiger partial charge in [0.25, 0.3) is 5.91 Å². The van der Waals surface area contributed by atoms with Gasteiger partial charge in [-0.05, 0) is 22.6 Å². The average Bonchev–Trinajstić information content (AvgIpc) is 2.68. The molecule has 4 atom stereocenters. The monoisotopic (exact) mass is 448 g/mol. The lowest BCUT2D eigenvalue weighted by Crippen LogP contribution is -2.47. The van der Waals surface area contributed by atoms with Crippen molar-refractivity contribution in [1.29, 1.82) is 0 Å². The largest absolute Gasteiger partial charge is 0.469 e. The van der Waals surface area contributed by atoms with Crippen molar-refractivity contribution in [2.24, 2.45) is 0 Å². The van der Waals surface area contributed by atoms with Crippen LogP contribution in [-0.2, 0) is 18.6 Å². The van der Waals surface area contributed by atoms with Crippen LogP contribution in [0.4, 0.5) is 0 Å². The van der Waals surface area contributed by atoms with Crippen LogP contribution in [0.2, 0.25) is 0 Å². The predicted molar refractivity (Wildman–Crippen MR) is 79.9 cm³/mol. The van der Waals surface area contributed by atoms with Gasteiger partial charge in [0.15, 0.2) is 6.23 Å². The van der Waals surface area contributed by atoms with Crippen LogP contribution in [0, 0.1) is 0 Å². The zero-order valence-corrected chi connectivity index (χ0v) is 14.0. The summed E-state index contributed by atoms with van der Waals surface area (Å²) in [7, 11) is -4.72. The maximum Gasteiger partial charge on any atom is 0.469 e. The van der Waals surface area contributed by atoms with E-state index in [0.717, 1.165) is 0 Å². The predicted octanol–water partition coefficient (Wildman–Crippen LogP) is -1.28. The highest BCUT2D eigenvalue weighted by Gasteiger charge is 2.47. The van der Waals surface area contributed by atoms with Crippen LogP contribution >= 0.6 is 30.4 Å². The van der Waals surface area contributed by atoms with Gasteiger partial charge in [0.2, 0.25) is 0 Å². The minimum atomic E-state index is -4.72. The third kappa shape index (κ3) is 3.86. The summed E-state index contributed by atoms with van der Waals surface area (Å²) in [6, 6.07) is 0. The molecule has 2 heterocycles. The lowest BCUT2D eigenvalue weighted by Gasteiger charge is -2.33. The van der Waals surface area contributed by atoms with Gasteiger partial charge in [0.1, 0.15) is 24.1 Å². The summed E-state index contributed by atoms with van der Waals surface area (Å²) in [6.45, 7) is 3.01. The number of phosphoric ester groups is 1. The topological polar surface area (TPSA) is 149 Å². The van der Waals surface area contributed by atoms with Crippen molar-refractivity contribution < 1.29 is 38.6 Å². The molecule has 0 bridgehead atoms. The van der Waals surface area contributed by atoms with Gasteiger partial charge in [0.05, 0.1) is 10.2 Å². The highest BCUT2D eigenvalue weighted by atomic mass is 127. The fourth-order valence-electron chi connectivity index (χ4n) is 2.01. The Morgan fingerprint density at radius 2 is 2.09 bits per heavy atom. The van der Waals surface area contributed by atoms with Crippen molar-refractivity contribution in [2.75, 3.05) is 6.61 Å². The normalized spacial score (nSPS) is 33.0. The van der Waals surface area contributed by atoms with Crippen LogP contribution in [0.3, 0.4) is 0 Å². The van der Waals surface area contributed by atoms with Crippen molar-refractivity contribution in [3.05, 3.63) is 22.2 Å². The van der Waals surface area contributed by atoms with Gasteiger partial charge in [-0.2, -0.15) is 0 Å². The molecule has 2 aliphatic rings. The summed E-state index contributed by atoms with van der Waals surface area (Å²) in [5, 5.41) is 22.4. The molecule has 1 amide bonds. The zero-order chi connectivity index (χ0) is 16.7. The van der Waals surface area contributed by atoms with Crippen LogP contribution in [0.5, 0.6) is 0 Å². The lowest BCUT2D eigenvalue weighted by atomic mass is 10.1. The lowest BCUT2D eigenvalue weighted by molar-refractivity contribution is -0.118. The molecular weight excluding hydrogens is 434 g/mol. The van der Waals surface area contributed by atoms with Crippen LogP contribution in [0.1, 0.15) is 0 Å². The van der Waals surface area contributed by atoms with Crippen LogP contribution < -0.4 is 5.32 Å². The van der Waals surface area contributed by atoms with Crippen molar-refractivity contribution >= 4 is 36.3 Å². The second-order valence-corrected chi connectivity index (χ2v) is 7.02. The Morgan fingerprint density at radius 3 is 2.68 bits per heavy atom. The first-order chi connectivity index (χ1) is 10.1. The molecule has 0 aliphatic carbocycles. The van der Waals surface area contributed by atoms with Gasteiger partial charge in [-0.3, -0.25) is 9.32 Å². The second kappa shape index (κ2) is 6.53. The van der Waals surface area contributed by atoms with Gasteiger partial charge in [-0.25, -0.2) is 4.57 Å². The number of amides is 1. The minimum Gasteiger partial charge on any atom is -0.387 e. The van der Waals surface area contributed by atoms with E-state index in [-0.39, 0.29) is 11.7 Å². The molecule has 124 valence electrons. The molecule has 0 spiro atoms. The molecule has 1 saturated heterocycles. The number of nitrogens with zero attached hydrogens (tertiary/aromatic N) is 1. The summed E-state index contributed by atoms with van der Waals surface area (Å²) < 4.78 is 20.6. The van der Waals surface area contributed by atoms with Crippen LogP contribution in [0.15, 0.2) is 22.2 Å². The molecule has 0 aromatic rings. The van der Waals surface area contributed by atoms with E-state index in [2.05, 4.69) is 16.4 Å². The summed E-state index contributed by atoms with van der Waals surface area (Å²) in [6.07, 6.45) is -3.66. The molecular formula is C10H14IN2O8P. The molecule has 2 rings (SSSR count). The van der Waals surface area contributed by atoms with Gasteiger partial charge in [-0.15, -0.1) is 0 Å². The third-order valence-electron chi connectivity index (χ3n) is 3.06. The van der Waals surface area contributed by atoms with E-state index in [1.54, 1.807) is 22.6 Å². The molecule has 0 unspecified atom stereocenters. The number of hydrogen-bond donors (Lipinski definition) is 5. The third-order valence-corrected chi connectivity index (χ3v) is 4.31. The number of phosphoric acid groups is 1. The van der Waals surface area contributed by atoms with E-state index < -0.39 is 39.0 Å². The van der Waals surface area contributed by atoms with Crippen molar-refractivity contribution in [3.63, 3.8) is 0 Å². The average molecular weight is 448 g/mol. The molecule has 0 saturated carbocycles. The first-order valence-electron chi connectivity index (χ1n) is 5.98. The van der Waals surface area contributed by atoms with Gasteiger partial charge < -0.3 is 35.0 Å². The first kappa shape index (κ1) is 17.8. The Hall–Kier alpha value is -0.530. The minimum absolute atomic E-state index is 0.137. The number of aliphatic hydroxyl groups is 2. The van der Waals surface area contributed by atoms with Crippen LogP contribution in [-0.4, -0.2) is 62.0 Å². The number of halogens is 1. The van der Waals surface area contributed by atoms with Gasteiger partial charge >= 0.3 is 7.82 Å². The SMILES string of the molecule is C=C1NC(=O)C(I)=CN1[C@@H]1O[C@H](COP(=O)(O)O)[C@@H](O)[C@H]1O. The van der Waals surface area contributed by atoms with Crippen molar-refractivity contribution in [3.8, 4) is 0 Å². The smallest absolute Gasteiger partial charge is 0.387 e. The van der Waals surface area contributed by atoms with E-state index in [4.69, 9.17) is 14.5 Å². The molecule has 0 aromatic carbocycles. The zero-order valence-electron chi connectivity index (χ0n) is 11.0. The van der Waals surface area contributed by atoms with Crippen molar-refractivity contribution in [2.45, 2.75) is 24.5 Å². The molecule has 10 nitrogen and oxygen atoms in total. The number of carbonyl (C=O) groups excluding carboxylic acids is 1. The fraction of sp³-hybridized carbons (Fsp3) is 0.500. The number of hydrogen-bond acceptors (Lipinski definition) is 7. The van der Waals surface area contributed by atoms with E-state index in [0.29, 0.717) is 3.58 Å². The molecule has 12 heteroatoms. The van der Waals surface area contributed by atoms with Crippen LogP contribution in [0.25, 0.3) is 0 Å². The molecule has 0 aromatic heterocycles. The maximum atomic E-state index is 11.5. The molecule has 22 heavy (non-hydrogen) atoms. The maximum absolute atomic E-state index is 11.5. The highest BCUT2D eigenvalue weighted by Crippen LogP contribution is 2.37. The Morgan fingerprint density at radius 1 is 1.45 bits per heavy atom. The van der Waals surface area contributed by atoms with E-state index in [9.17, 15) is 19.6 Å². The number of carbonyl (C=O) groups is 1. The van der Waals surface area contributed by atoms with Gasteiger partial charge in [-0.1, -0.05) is 6.58 Å². The number of nitrogens with one attached hydrogen (secondary N) is 1. The van der Waals surface area contributed by atoms with E-state index in [1.165, 1.54) is 11.1 Å². The molecule has 1 fully saturated rings. The second-order valence-electron chi connectivity index (χ2n) is 4.62. The Balaban J connectivity index is 2.11. The molecule has 0 radical (unpaired) electrons. The quantitative estimate of drug-likeness (QED) is 0.262. The Bertz CT molecular complexity index is 563. The van der Waals surface area contributed by atoms with Crippen molar-refractivity contribution in [1.82, 2.24) is 10.2 Å². The van der Waals surface area contributed by atoms with Gasteiger partial charge in [0, 0.05) is 6.20 Å². The Kier molecular flexibility index (Phi) is 5.29. The highest BCUT2D eigenvalue weighted by molar-refractivity contribution is 14.1. The van der Waals surface area contributed by atoms with E-state index >= 15 is 0 Å². The number of aliphatic hydroxyl groups excluding tert-OH is 2. The first-order valence-corrected chi connectivity index (χ1v) is 8.58. The summed E-state index contributed by atoms with van der Waals surface area (Å²) in [5.74, 6) is -0.227. The molecule has 2 aliphatic heterocycles. The summed E-state index contributed by atoms with van der Waals surface area (Å²) in [5.41, 5.74) is 0.